The number of carbonyl (C=O) groups excluding carboxylic acids is 1. The second kappa shape index (κ2) is 7.02. The van der Waals surface area contributed by atoms with E-state index < -0.39 is 0 Å². The minimum Gasteiger partial charge on any atom is -0.496 e. The minimum atomic E-state index is 0.0700. The number of hydrogen-bond acceptors (Lipinski definition) is 4. The van der Waals surface area contributed by atoms with Crippen LogP contribution in [-0.2, 0) is 6.54 Å². The molecule has 0 fully saturated rings. The number of rotatable bonds is 6. The van der Waals surface area contributed by atoms with Crippen LogP contribution in [0.2, 0.25) is 0 Å². The number of ketones is 1. The number of methoxy groups -OCH3 is 1. The number of thiophene rings is 1. The van der Waals surface area contributed by atoms with Gasteiger partial charge in [-0.25, -0.2) is 0 Å². The summed E-state index contributed by atoms with van der Waals surface area (Å²) >= 11 is 5.12. The Kier molecular flexibility index (Phi) is 5.34. The molecule has 5 heteroatoms. The molecule has 2 aromatic rings. The zero-order valence-corrected chi connectivity index (χ0v) is 13.8. The number of nitrogens with zero attached hydrogens (tertiary/aromatic N) is 1. The van der Waals surface area contributed by atoms with Crippen molar-refractivity contribution in [3.63, 3.8) is 0 Å². The quantitative estimate of drug-likeness (QED) is 0.739. The maximum atomic E-state index is 12.3. The van der Waals surface area contributed by atoms with Crippen molar-refractivity contribution in [2.75, 3.05) is 20.7 Å². The van der Waals surface area contributed by atoms with E-state index in [1.807, 2.05) is 35.5 Å². The summed E-state index contributed by atoms with van der Waals surface area (Å²) in [5.74, 6) is 0.699. The molecule has 0 bridgehead atoms. The second-order valence-corrected chi connectivity index (χ2v) is 6.44. The third kappa shape index (κ3) is 3.91. The van der Waals surface area contributed by atoms with Crippen LogP contribution >= 0.6 is 27.3 Å². The van der Waals surface area contributed by atoms with E-state index in [1.54, 1.807) is 24.5 Å². The van der Waals surface area contributed by atoms with Crippen LogP contribution in [0.25, 0.3) is 0 Å². The summed E-state index contributed by atoms with van der Waals surface area (Å²) in [6.07, 6.45) is 0. The van der Waals surface area contributed by atoms with Crippen molar-refractivity contribution in [3.8, 4) is 5.75 Å². The van der Waals surface area contributed by atoms with Gasteiger partial charge < -0.3 is 4.74 Å². The molecule has 2 rings (SSSR count). The Morgan fingerprint density at radius 3 is 2.80 bits per heavy atom. The monoisotopic (exact) mass is 353 g/mol. The zero-order chi connectivity index (χ0) is 14.5. The van der Waals surface area contributed by atoms with Gasteiger partial charge in [0.05, 0.1) is 19.2 Å². The Labute approximate surface area is 131 Å². The lowest BCUT2D eigenvalue weighted by Crippen LogP contribution is -2.25. The molecule has 0 atom stereocenters. The molecule has 1 aromatic heterocycles. The van der Waals surface area contributed by atoms with E-state index >= 15 is 0 Å². The number of benzene rings is 1. The number of likely N-dealkylation sites (N-methyl/N-ethyl adjacent to an activating group) is 1. The van der Waals surface area contributed by atoms with Crippen LogP contribution in [0.15, 0.2) is 40.2 Å². The third-order valence-corrected chi connectivity index (χ3v) is 4.55. The van der Waals surface area contributed by atoms with Gasteiger partial charge in [0.1, 0.15) is 5.75 Å². The van der Waals surface area contributed by atoms with E-state index in [4.69, 9.17) is 4.74 Å². The van der Waals surface area contributed by atoms with E-state index in [0.717, 1.165) is 11.0 Å². The third-order valence-electron chi connectivity index (χ3n) is 2.87. The lowest BCUT2D eigenvalue weighted by molar-refractivity contribution is 0.0940. The van der Waals surface area contributed by atoms with Gasteiger partial charge in [0.2, 0.25) is 0 Å². The molecule has 20 heavy (non-hydrogen) atoms. The van der Waals surface area contributed by atoms with Crippen molar-refractivity contribution in [1.29, 1.82) is 0 Å². The Morgan fingerprint density at radius 1 is 1.40 bits per heavy atom. The highest BCUT2D eigenvalue weighted by Crippen LogP contribution is 2.22. The highest BCUT2D eigenvalue weighted by Gasteiger charge is 2.14. The topological polar surface area (TPSA) is 29.5 Å². The lowest BCUT2D eigenvalue weighted by atomic mass is 10.1. The number of para-hydroxylation sites is 1. The fourth-order valence-electron chi connectivity index (χ4n) is 1.96. The van der Waals surface area contributed by atoms with Crippen LogP contribution in [-0.4, -0.2) is 31.4 Å². The van der Waals surface area contributed by atoms with Gasteiger partial charge in [0.25, 0.3) is 0 Å². The lowest BCUT2D eigenvalue weighted by Gasteiger charge is -2.15. The van der Waals surface area contributed by atoms with Gasteiger partial charge in [0.15, 0.2) is 5.78 Å². The highest BCUT2D eigenvalue weighted by atomic mass is 79.9. The Bertz CT molecular complexity index is 597. The van der Waals surface area contributed by atoms with Gasteiger partial charge in [-0.15, -0.1) is 11.3 Å². The van der Waals surface area contributed by atoms with Crippen molar-refractivity contribution < 1.29 is 9.53 Å². The molecule has 0 spiro atoms. The molecule has 0 aliphatic rings. The van der Waals surface area contributed by atoms with Crippen molar-refractivity contribution in [3.05, 3.63) is 50.6 Å². The molecule has 0 unspecified atom stereocenters. The van der Waals surface area contributed by atoms with E-state index in [9.17, 15) is 4.79 Å². The van der Waals surface area contributed by atoms with Crippen LogP contribution in [0.4, 0.5) is 0 Å². The summed E-state index contributed by atoms with van der Waals surface area (Å²) in [6, 6.07) is 9.41. The predicted molar refractivity (Wildman–Crippen MR) is 85.7 cm³/mol. The molecule has 0 radical (unpaired) electrons. The summed E-state index contributed by atoms with van der Waals surface area (Å²) in [5.41, 5.74) is 0.634. The van der Waals surface area contributed by atoms with Gasteiger partial charge in [-0.2, -0.15) is 0 Å². The van der Waals surface area contributed by atoms with Crippen LogP contribution in [0, 0.1) is 0 Å². The Morgan fingerprint density at radius 2 is 2.15 bits per heavy atom. The van der Waals surface area contributed by atoms with Gasteiger partial charge in [0, 0.05) is 21.3 Å². The molecule has 0 saturated heterocycles. The van der Waals surface area contributed by atoms with Crippen molar-refractivity contribution in [2.24, 2.45) is 0 Å². The predicted octanol–water partition coefficient (Wildman–Crippen LogP) is 3.83. The zero-order valence-electron chi connectivity index (χ0n) is 11.4. The second-order valence-electron chi connectivity index (χ2n) is 4.53. The smallest absolute Gasteiger partial charge is 0.180 e. The van der Waals surface area contributed by atoms with Crippen molar-refractivity contribution >= 4 is 33.0 Å². The fourth-order valence-corrected chi connectivity index (χ4v) is 3.49. The highest BCUT2D eigenvalue weighted by molar-refractivity contribution is 9.10. The molecule has 0 N–H and O–H groups in total. The van der Waals surface area contributed by atoms with Crippen molar-refractivity contribution in [1.82, 2.24) is 4.90 Å². The molecule has 0 amide bonds. The first-order valence-corrected chi connectivity index (χ1v) is 7.85. The number of halogens is 1. The molecule has 0 aliphatic heterocycles. The molecule has 0 aliphatic carbocycles. The largest absolute Gasteiger partial charge is 0.496 e. The normalized spacial score (nSPS) is 10.8. The van der Waals surface area contributed by atoms with Crippen LogP contribution in [0.3, 0.4) is 0 Å². The first-order valence-electron chi connectivity index (χ1n) is 6.18. The molecular formula is C15H16BrNO2S. The van der Waals surface area contributed by atoms with Crippen LogP contribution in [0.1, 0.15) is 15.2 Å². The molecule has 106 valence electrons. The summed E-state index contributed by atoms with van der Waals surface area (Å²) in [4.78, 5) is 15.5. The maximum Gasteiger partial charge on any atom is 0.180 e. The summed E-state index contributed by atoms with van der Waals surface area (Å²) < 4.78 is 6.31. The SMILES string of the molecule is COc1ccccc1C(=O)CN(C)Cc1cc(Br)cs1. The van der Waals surface area contributed by atoms with Gasteiger partial charge in [-0.3, -0.25) is 9.69 Å². The molecule has 3 nitrogen and oxygen atoms in total. The summed E-state index contributed by atoms with van der Waals surface area (Å²) in [6.45, 7) is 1.13. The Hall–Kier alpha value is -1.17. The van der Waals surface area contributed by atoms with Gasteiger partial charge in [-0.1, -0.05) is 12.1 Å². The molecular weight excluding hydrogens is 338 g/mol. The maximum absolute atomic E-state index is 12.3. The van der Waals surface area contributed by atoms with E-state index in [2.05, 4.69) is 22.0 Å². The molecule has 1 aromatic carbocycles. The Balaban J connectivity index is 2.00. The number of ether oxygens (including phenoxy) is 1. The van der Waals surface area contributed by atoms with Crippen LogP contribution in [0.5, 0.6) is 5.75 Å². The van der Waals surface area contributed by atoms with Crippen molar-refractivity contribution in [2.45, 2.75) is 6.54 Å². The van der Waals surface area contributed by atoms with E-state index in [1.165, 1.54) is 4.88 Å². The van der Waals surface area contributed by atoms with Gasteiger partial charge >= 0.3 is 0 Å². The average molecular weight is 354 g/mol. The number of hydrogen-bond donors (Lipinski definition) is 0. The summed E-state index contributed by atoms with van der Waals surface area (Å²) in [7, 11) is 3.53. The molecule has 1 heterocycles. The first-order chi connectivity index (χ1) is 9.60. The van der Waals surface area contributed by atoms with E-state index in [-0.39, 0.29) is 5.78 Å². The number of carbonyl (C=O) groups is 1. The number of Topliss-reactive ketones (excluding diaryl/α,β-unsaturated/α-hetero) is 1. The average Bonchev–Trinajstić information content (AvgIpc) is 2.83. The summed E-state index contributed by atoms with van der Waals surface area (Å²) in [5, 5.41) is 2.05. The fraction of sp³-hybridized carbons (Fsp3) is 0.267. The molecule has 0 saturated carbocycles. The van der Waals surface area contributed by atoms with E-state index in [0.29, 0.717) is 17.9 Å². The van der Waals surface area contributed by atoms with Gasteiger partial charge in [-0.05, 0) is 41.2 Å². The minimum absolute atomic E-state index is 0.0700. The van der Waals surface area contributed by atoms with Crippen LogP contribution < -0.4 is 4.74 Å². The standard InChI is InChI=1S/C15H16BrNO2S/c1-17(8-12-7-11(16)10-20-12)9-14(18)13-5-3-4-6-15(13)19-2/h3-7,10H,8-9H2,1-2H3. The first kappa shape index (κ1) is 15.2.